The molecule has 1 atom stereocenters. The maximum atomic E-state index is 11.6. The molecule has 0 saturated carbocycles. The van der Waals surface area contributed by atoms with Crippen LogP contribution in [0.2, 0.25) is 5.02 Å². The Labute approximate surface area is 138 Å². The second kappa shape index (κ2) is 5.82. The third-order valence-corrected chi connectivity index (χ3v) is 4.58. The minimum absolute atomic E-state index is 0.0356. The highest BCUT2D eigenvalue weighted by Crippen LogP contribution is 2.26. The summed E-state index contributed by atoms with van der Waals surface area (Å²) in [5.74, 6) is 0.993. The van der Waals surface area contributed by atoms with Crippen LogP contribution < -0.4 is 5.32 Å². The lowest BCUT2D eigenvalue weighted by atomic mass is 10.2. The van der Waals surface area contributed by atoms with Crippen LogP contribution in [0.3, 0.4) is 0 Å². The maximum Gasteiger partial charge on any atom is 0.317 e. The van der Waals surface area contributed by atoms with E-state index < -0.39 is 0 Å². The predicted molar refractivity (Wildman–Crippen MR) is 83.9 cm³/mol. The molecule has 2 fully saturated rings. The molecule has 1 aromatic carbocycles. The van der Waals surface area contributed by atoms with Crippen molar-refractivity contribution in [2.24, 2.45) is 0 Å². The molecule has 8 heteroatoms. The molecule has 2 aliphatic rings. The van der Waals surface area contributed by atoms with E-state index in [1.165, 1.54) is 0 Å². The summed E-state index contributed by atoms with van der Waals surface area (Å²) in [6, 6.07) is 7.65. The smallest absolute Gasteiger partial charge is 0.317 e. The monoisotopic (exact) mass is 333 g/mol. The van der Waals surface area contributed by atoms with Crippen LogP contribution in [-0.2, 0) is 6.54 Å². The molecule has 1 N–H and O–H groups in total. The predicted octanol–water partition coefficient (Wildman–Crippen LogP) is 1.60. The molecule has 4 rings (SSSR count). The van der Waals surface area contributed by atoms with Gasteiger partial charge in [-0.15, -0.1) is 10.2 Å². The highest BCUT2D eigenvalue weighted by molar-refractivity contribution is 6.33. The number of hydrogen-bond donors (Lipinski definition) is 1. The first kappa shape index (κ1) is 14.5. The van der Waals surface area contributed by atoms with Crippen LogP contribution >= 0.6 is 11.6 Å². The normalized spacial score (nSPS) is 21.3. The molecule has 0 radical (unpaired) electrons. The maximum absolute atomic E-state index is 11.6. The molecule has 120 valence electrons. The summed E-state index contributed by atoms with van der Waals surface area (Å²) in [4.78, 5) is 15.7. The number of urea groups is 1. The third-order valence-electron chi connectivity index (χ3n) is 4.25. The Balaban J connectivity index is 1.44. The molecule has 2 aliphatic heterocycles. The van der Waals surface area contributed by atoms with Gasteiger partial charge in [0.05, 0.1) is 23.2 Å². The third kappa shape index (κ3) is 2.77. The molecular formula is C15H16ClN5O2. The van der Waals surface area contributed by atoms with Crippen molar-refractivity contribution in [1.29, 1.82) is 0 Å². The fourth-order valence-electron chi connectivity index (χ4n) is 3.06. The second-order valence-corrected chi connectivity index (χ2v) is 6.16. The highest BCUT2D eigenvalue weighted by atomic mass is 35.5. The molecule has 2 amide bonds. The van der Waals surface area contributed by atoms with Crippen molar-refractivity contribution in [3.8, 4) is 11.5 Å². The zero-order chi connectivity index (χ0) is 15.8. The van der Waals surface area contributed by atoms with Crippen LogP contribution in [0.25, 0.3) is 11.5 Å². The minimum atomic E-state index is 0.0356. The summed E-state index contributed by atoms with van der Waals surface area (Å²) in [6.07, 6.45) is 0. The summed E-state index contributed by atoms with van der Waals surface area (Å²) >= 11 is 6.15. The van der Waals surface area contributed by atoms with Gasteiger partial charge >= 0.3 is 6.03 Å². The number of aromatic nitrogens is 2. The Morgan fingerprint density at radius 2 is 2.17 bits per heavy atom. The molecule has 0 aliphatic carbocycles. The van der Waals surface area contributed by atoms with Crippen LogP contribution in [0, 0.1) is 0 Å². The van der Waals surface area contributed by atoms with Gasteiger partial charge in [0.25, 0.3) is 0 Å². The Morgan fingerprint density at radius 1 is 1.30 bits per heavy atom. The Morgan fingerprint density at radius 3 is 3.04 bits per heavy atom. The minimum Gasteiger partial charge on any atom is -0.419 e. The molecule has 0 spiro atoms. The van der Waals surface area contributed by atoms with E-state index in [1.807, 2.05) is 23.1 Å². The fourth-order valence-corrected chi connectivity index (χ4v) is 3.28. The number of nitrogens with zero attached hydrogens (tertiary/aromatic N) is 4. The van der Waals surface area contributed by atoms with Crippen LogP contribution in [-0.4, -0.2) is 58.2 Å². The van der Waals surface area contributed by atoms with Gasteiger partial charge in [-0.2, -0.15) is 0 Å². The number of amides is 2. The molecule has 7 nitrogen and oxygen atoms in total. The second-order valence-electron chi connectivity index (χ2n) is 5.75. The van der Waals surface area contributed by atoms with Gasteiger partial charge in [0.15, 0.2) is 0 Å². The molecule has 23 heavy (non-hydrogen) atoms. The number of piperazine rings is 1. The zero-order valence-corrected chi connectivity index (χ0v) is 13.2. The summed E-state index contributed by atoms with van der Waals surface area (Å²) in [5, 5.41) is 11.7. The van der Waals surface area contributed by atoms with Gasteiger partial charge in [0.2, 0.25) is 11.8 Å². The van der Waals surface area contributed by atoms with E-state index in [9.17, 15) is 4.79 Å². The number of halogens is 1. The van der Waals surface area contributed by atoms with Crippen LogP contribution in [0.5, 0.6) is 0 Å². The van der Waals surface area contributed by atoms with E-state index in [0.29, 0.717) is 29.9 Å². The van der Waals surface area contributed by atoms with E-state index in [0.717, 1.165) is 25.2 Å². The number of carbonyl (C=O) groups excluding carboxylic acids is 1. The van der Waals surface area contributed by atoms with Gasteiger partial charge in [-0.05, 0) is 12.1 Å². The van der Waals surface area contributed by atoms with E-state index >= 15 is 0 Å². The number of carbonyl (C=O) groups is 1. The van der Waals surface area contributed by atoms with Gasteiger partial charge in [-0.3, -0.25) is 4.90 Å². The van der Waals surface area contributed by atoms with Gasteiger partial charge < -0.3 is 14.6 Å². The average Bonchev–Trinajstić information content (AvgIpc) is 3.15. The first-order chi connectivity index (χ1) is 11.2. The number of rotatable bonds is 3. The summed E-state index contributed by atoms with van der Waals surface area (Å²) in [5.41, 5.74) is 0.739. The lowest BCUT2D eigenvalue weighted by Crippen LogP contribution is -2.51. The summed E-state index contributed by atoms with van der Waals surface area (Å²) in [7, 11) is 0. The summed E-state index contributed by atoms with van der Waals surface area (Å²) < 4.78 is 5.74. The Hall–Kier alpha value is -2.12. The molecule has 1 unspecified atom stereocenters. The lowest BCUT2D eigenvalue weighted by molar-refractivity contribution is 0.110. The average molecular weight is 334 g/mol. The van der Waals surface area contributed by atoms with Crippen molar-refractivity contribution in [2.45, 2.75) is 12.6 Å². The van der Waals surface area contributed by atoms with Crippen LogP contribution in [0.4, 0.5) is 4.79 Å². The van der Waals surface area contributed by atoms with Gasteiger partial charge in [-0.25, -0.2) is 4.79 Å². The van der Waals surface area contributed by atoms with Crippen molar-refractivity contribution < 1.29 is 9.21 Å². The highest BCUT2D eigenvalue weighted by Gasteiger charge is 2.35. The largest absolute Gasteiger partial charge is 0.419 e. The first-order valence-electron chi connectivity index (χ1n) is 7.55. The molecule has 2 aromatic rings. The lowest BCUT2D eigenvalue weighted by Gasteiger charge is -2.35. The van der Waals surface area contributed by atoms with E-state index in [2.05, 4.69) is 20.4 Å². The van der Waals surface area contributed by atoms with Crippen LogP contribution in [0.15, 0.2) is 28.7 Å². The first-order valence-corrected chi connectivity index (χ1v) is 7.92. The van der Waals surface area contributed by atoms with Gasteiger partial charge in [-0.1, -0.05) is 23.7 Å². The topological polar surface area (TPSA) is 74.5 Å². The van der Waals surface area contributed by atoms with Crippen molar-refractivity contribution in [1.82, 2.24) is 25.3 Å². The van der Waals surface area contributed by atoms with Crippen LogP contribution in [0.1, 0.15) is 5.89 Å². The van der Waals surface area contributed by atoms with Crippen molar-refractivity contribution in [3.05, 3.63) is 35.2 Å². The van der Waals surface area contributed by atoms with Crippen molar-refractivity contribution in [3.63, 3.8) is 0 Å². The quantitative estimate of drug-likeness (QED) is 0.923. The molecule has 2 saturated heterocycles. The van der Waals surface area contributed by atoms with Gasteiger partial charge in [0.1, 0.15) is 0 Å². The molecular weight excluding hydrogens is 318 g/mol. The molecule has 3 heterocycles. The number of benzene rings is 1. The summed E-state index contributed by atoms with van der Waals surface area (Å²) in [6.45, 7) is 3.61. The van der Waals surface area contributed by atoms with E-state index in [4.69, 9.17) is 16.0 Å². The zero-order valence-electron chi connectivity index (χ0n) is 12.4. The van der Waals surface area contributed by atoms with E-state index in [-0.39, 0.29) is 12.1 Å². The molecule has 0 bridgehead atoms. The fraction of sp³-hybridized carbons (Fsp3) is 0.400. The van der Waals surface area contributed by atoms with E-state index in [1.54, 1.807) is 6.07 Å². The van der Waals surface area contributed by atoms with Gasteiger partial charge in [0, 0.05) is 26.2 Å². The molecule has 1 aromatic heterocycles. The standard InChI is InChI=1S/C15H16ClN5O2/c16-12-4-2-1-3-11(12)14-19-18-13(23-14)9-20-5-6-21-10(8-20)7-17-15(21)22/h1-4,10H,5-9H2,(H,17,22). The van der Waals surface area contributed by atoms with Crippen molar-refractivity contribution in [2.75, 3.05) is 26.2 Å². The SMILES string of the molecule is O=C1NCC2CN(Cc3nnc(-c4ccccc4Cl)o3)CCN12. The Kier molecular flexibility index (Phi) is 3.66. The number of fused-ring (bicyclic) bond motifs is 1. The van der Waals surface area contributed by atoms with Crippen molar-refractivity contribution >= 4 is 17.6 Å². The number of hydrogen-bond acceptors (Lipinski definition) is 5. The Bertz CT molecular complexity index is 734. The number of nitrogens with one attached hydrogen (secondary N) is 1.